The van der Waals surface area contributed by atoms with Crippen molar-refractivity contribution >= 4 is 23.6 Å². The van der Waals surface area contributed by atoms with Crippen molar-refractivity contribution in [3.63, 3.8) is 0 Å². The van der Waals surface area contributed by atoms with E-state index in [4.69, 9.17) is 4.74 Å². The predicted octanol–water partition coefficient (Wildman–Crippen LogP) is 3.87. The van der Waals surface area contributed by atoms with Crippen LogP contribution in [0.5, 0.6) is 5.75 Å². The molecular weight excluding hydrogens is 384 g/mol. The third-order valence-electron chi connectivity index (χ3n) is 4.57. The number of hydrogen-bond acceptors (Lipinski definition) is 4. The highest BCUT2D eigenvalue weighted by molar-refractivity contribution is 7.99. The smallest absolute Gasteiger partial charge is 0.242 e. The fraction of sp³-hybridized carbons (Fsp3) is 0.391. The molecule has 0 fully saturated rings. The third-order valence-corrected chi connectivity index (χ3v) is 5.55. The summed E-state index contributed by atoms with van der Waals surface area (Å²) >= 11 is 1.55. The number of methoxy groups -OCH3 is 1. The predicted molar refractivity (Wildman–Crippen MR) is 119 cm³/mol. The molecule has 0 aliphatic carbocycles. The largest absolute Gasteiger partial charge is 0.497 e. The Labute approximate surface area is 177 Å². The molecule has 6 heteroatoms. The minimum absolute atomic E-state index is 0.0356. The fourth-order valence-corrected chi connectivity index (χ4v) is 3.69. The van der Waals surface area contributed by atoms with Crippen LogP contribution >= 0.6 is 11.8 Å². The summed E-state index contributed by atoms with van der Waals surface area (Å²) in [7, 11) is 1.64. The molecule has 0 heterocycles. The minimum Gasteiger partial charge on any atom is -0.497 e. The first kappa shape index (κ1) is 22.8. The SMILES string of the molecule is CCCNC(=O)[C@H](C)N(Cc1ccccc1)C(=O)CSCc1ccc(OC)cc1. The van der Waals surface area contributed by atoms with E-state index >= 15 is 0 Å². The topological polar surface area (TPSA) is 58.6 Å². The van der Waals surface area contributed by atoms with E-state index in [1.165, 1.54) is 0 Å². The molecule has 0 radical (unpaired) electrons. The Bertz CT molecular complexity index is 765. The van der Waals surface area contributed by atoms with E-state index in [0.29, 0.717) is 18.8 Å². The molecule has 0 unspecified atom stereocenters. The summed E-state index contributed by atoms with van der Waals surface area (Å²) in [5, 5.41) is 2.89. The maximum Gasteiger partial charge on any atom is 0.242 e. The monoisotopic (exact) mass is 414 g/mol. The van der Waals surface area contributed by atoms with Gasteiger partial charge in [-0.2, -0.15) is 0 Å². The summed E-state index contributed by atoms with van der Waals surface area (Å²) in [5.74, 6) is 1.72. The molecule has 29 heavy (non-hydrogen) atoms. The normalized spacial score (nSPS) is 11.6. The van der Waals surface area contributed by atoms with Crippen LogP contribution in [0.15, 0.2) is 54.6 Å². The van der Waals surface area contributed by atoms with Gasteiger partial charge >= 0.3 is 0 Å². The zero-order valence-electron chi connectivity index (χ0n) is 17.4. The molecule has 156 valence electrons. The van der Waals surface area contributed by atoms with E-state index in [9.17, 15) is 9.59 Å². The number of carbonyl (C=O) groups excluding carboxylic acids is 2. The highest BCUT2D eigenvalue weighted by Gasteiger charge is 2.25. The molecule has 1 N–H and O–H groups in total. The average molecular weight is 415 g/mol. The molecule has 2 aromatic carbocycles. The summed E-state index contributed by atoms with van der Waals surface area (Å²) in [5.41, 5.74) is 2.14. The van der Waals surface area contributed by atoms with Crippen molar-refractivity contribution in [1.29, 1.82) is 0 Å². The van der Waals surface area contributed by atoms with E-state index in [1.54, 1.807) is 30.7 Å². The number of rotatable bonds is 11. The standard InChI is InChI=1S/C23H30N2O3S/c1-4-14-24-23(27)18(2)25(15-19-8-6-5-7-9-19)22(26)17-29-16-20-10-12-21(28-3)13-11-20/h5-13,18H,4,14-17H2,1-3H3,(H,24,27)/t18-/m0/s1. The lowest BCUT2D eigenvalue weighted by molar-refractivity contribution is -0.138. The van der Waals surface area contributed by atoms with Crippen molar-refractivity contribution in [1.82, 2.24) is 10.2 Å². The lowest BCUT2D eigenvalue weighted by Crippen LogP contribution is -2.48. The first-order valence-corrected chi connectivity index (χ1v) is 11.0. The van der Waals surface area contributed by atoms with Crippen molar-refractivity contribution in [3.05, 3.63) is 65.7 Å². The molecule has 0 aliphatic rings. The molecular formula is C23H30N2O3S. The van der Waals surface area contributed by atoms with Gasteiger partial charge in [-0.1, -0.05) is 49.4 Å². The van der Waals surface area contributed by atoms with Crippen LogP contribution in [0.2, 0.25) is 0 Å². The Morgan fingerprint density at radius 3 is 2.38 bits per heavy atom. The van der Waals surface area contributed by atoms with Crippen LogP contribution in [0, 0.1) is 0 Å². The van der Waals surface area contributed by atoms with Gasteiger partial charge in [0.15, 0.2) is 0 Å². The minimum atomic E-state index is -0.518. The Hall–Kier alpha value is -2.47. The van der Waals surface area contributed by atoms with Crippen LogP contribution in [-0.2, 0) is 21.9 Å². The lowest BCUT2D eigenvalue weighted by Gasteiger charge is -2.28. The van der Waals surface area contributed by atoms with Crippen LogP contribution in [0.1, 0.15) is 31.4 Å². The van der Waals surface area contributed by atoms with Gasteiger partial charge in [0.2, 0.25) is 11.8 Å². The summed E-state index contributed by atoms with van der Waals surface area (Å²) in [6.07, 6.45) is 0.864. The molecule has 0 aromatic heterocycles. The average Bonchev–Trinajstić information content (AvgIpc) is 2.76. The van der Waals surface area contributed by atoms with Gasteiger partial charge in [-0.15, -0.1) is 11.8 Å². The van der Waals surface area contributed by atoms with Gasteiger partial charge in [-0.05, 0) is 36.6 Å². The van der Waals surface area contributed by atoms with Crippen LogP contribution in [0.3, 0.4) is 0 Å². The quantitative estimate of drug-likeness (QED) is 0.606. The molecule has 5 nitrogen and oxygen atoms in total. The van der Waals surface area contributed by atoms with Crippen molar-refractivity contribution in [2.75, 3.05) is 19.4 Å². The van der Waals surface area contributed by atoms with Crippen LogP contribution in [0.4, 0.5) is 0 Å². The second kappa shape index (κ2) is 12.2. The van der Waals surface area contributed by atoms with Crippen LogP contribution < -0.4 is 10.1 Å². The van der Waals surface area contributed by atoms with Gasteiger partial charge in [-0.3, -0.25) is 9.59 Å². The number of benzene rings is 2. The lowest BCUT2D eigenvalue weighted by atomic mass is 10.1. The van der Waals surface area contributed by atoms with Gasteiger partial charge in [0.25, 0.3) is 0 Å². The van der Waals surface area contributed by atoms with Crippen molar-refractivity contribution in [2.24, 2.45) is 0 Å². The molecule has 0 spiro atoms. The summed E-state index contributed by atoms with van der Waals surface area (Å²) in [6, 6.07) is 17.1. The van der Waals surface area contributed by atoms with Gasteiger partial charge in [0, 0.05) is 18.8 Å². The second-order valence-electron chi connectivity index (χ2n) is 6.82. The maximum atomic E-state index is 13.0. The van der Waals surface area contributed by atoms with Gasteiger partial charge in [0.05, 0.1) is 12.9 Å². The van der Waals surface area contributed by atoms with Crippen LogP contribution in [-0.4, -0.2) is 42.2 Å². The molecule has 2 amide bonds. The highest BCUT2D eigenvalue weighted by Crippen LogP contribution is 2.18. The van der Waals surface area contributed by atoms with E-state index < -0.39 is 6.04 Å². The molecule has 0 bridgehead atoms. The summed E-state index contributed by atoms with van der Waals surface area (Å²) in [4.78, 5) is 27.1. The van der Waals surface area contributed by atoms with E-state index in [2.05, 4.69) is 5.32 Å². The number of carbonyl (C=O) groups is 2. The number of hydrogen-bond donors (Lipinski definition) is 1. The Morgan fingerprint density at radius 1 is 1.07 bits per heavy atom. The molecule has 0 saturated carbocycles. The molecule has 0 aliphatic heterocycles. The van der Waals surface area contributed by atoms with E-state index in [0.717, 1.165) is 29.1 Å². The van der Waals surface area contributed by atoms with Crippen molar-refractivity contribution in [3.8, 4) is 5.75 Å². The van der Waals surface area contributed by atoms with Crippen molar-refractivity contribution < 1.29 is 14.3 Å². The fourth-order valence-electron chi connectivity index (χ4n) is 2.82. The number of thioether (sulfide) groups is 1. The van der Waals surface area contributed by atoms with Gasteiger partial charge in [-0.25, -0.2) is 0 Å². The summed E-state index contributed by atoms with van der Waals surface area (Å²) < 4.78 is 5.17. The molecule has 2 rings (SSSR count). The molecule has 1 atom stereocenters. The Morgan fingerprint density at radius 2 is 1.76 bits per heavy atom. The van der Waals surface area contributed by atoms with Gasteiger partial charge < -0.3 is 15.0 Å². The first-order valence-electron chi connectivity index (χ1n) is 9.87. The number of ether oxygens (including phenoxy) is 1. The Balaban J connectivity index is 1.99. The second-order valence-corrected chi connectivity index (χ2v) is 7.80. The maximum absolute atomic E-state index is 13.0. The highest BCUT2D eigenvalue weighted by atomic mass is 32.2. The zero-order valence-corrected chi connectivity index (χ0v) is 18.2. The molecule has 0 saturated heterocycles. The Kier molecular flexibility index (Phi) is 9.57. The van der Waals surface area contributed by atoms with E-state index in [1.807, 2.05) is 61.5 Å². The third kappa shape index (κ3) is 7.46. The van der Waals surface area contributed by atoms with Crippen molar-refractivity contribution in [2.45, 2.75) is 38.6 Å². The number of nitrogens with zero attached hydrogens (tertiary/aromatic N) is 1. The van der Waals surface area contributed by atoms with Gasteiger partial charge in [0.1, 0.15) is 11.8 Å². The number of amides is 2. The first-order chi connectivity index (χ1) is 14.0. The zero-order chi connectivity index (χ0) is 21.1. The molecule has 2 aromatic rings. The number of nitrogens with one attached hydrogen (secondary N) is 1. The summed E-state index contributed by atoms with van der Waals surface area (Å²) in [6.45, 7) is 4.83. The van der Waals surface area contributed by atoms with E-state index in [-0.39, 0.29) is 11.8 Å². The van der Waals surface area contributed by atoms with Crippen LogP contribution in [0.25, 0.3) is 0 Å².